The van der Waals surface area contributed by atoms with Gasteiger partial charge in [0, 0.05) is 12.1 Å². The normalized spacial score (nSPS) is 11.7. The Bertz CT molecular complexity index is 974. The van der Waals surface area contributed by atoms with Gasteiger partial charge in [-0.2, -0.15) is 5.11 Å². The van der Waals surface area contributed by atoms with E-state index in [2.05, 4.69) is 15.5 Å². The molecule has 0 aliphatic rings. The van der Waals surface area contributed by atoms with Gasteiger partial charge in [-0.1, -0.05) is 17.7 Å². The molecule has 0 saturated carbocycles. The quantitative estimate of drug-likeness (QED) is 0.377. The molecule has 0 spiro atoms. The van der Waals surface area contributed by atoms with Crippen LogP contribution in [0.3, 0.4) is 0 Å². The van der Waals surface area contributed by atoms with Gasteiger partial charge in [0.05, 0.1) is 38.1 Å². The predicted octanol–water partition coefficient (Wildman–Crippen LogP) is 4.83. The molecule has 1 amide bonds. The van der Waals surface area contributed by atoms with Crippen molar-refractivity contribution in [1.82, 2.24) is 0 Å². The third-order valence-corrected chi connectivity index (χ3v) is 4.50. The smallest absolute Gasteiger partial charge is 0.258 e. The molecule has 0 bridgehead atoms. The summed E-state index contributed by atoms with van der Waals surface area (Å²) in [6.07, 6.45) is 0. The molecule has 1 atom stereocenters. The van der Waals surface area contributed by atoms with Crippen LogP contribution in [-0.4, -0.2) is 45.2 Å². The lowest BCUT2D eigenvalue weighted by Crippen LogP contribution is -2.32. The summed E-state index contributed by atoms with van der Waals surface area (Å²) in [4.78, 5) is 25.1. The third-order valence-electron chi connectivity index (χ3n) is 4.20. The minimum atomic E-state index is -1.41. The molecule has 32 heavy (non-hydrogen) atoms. The molecular formula is C22H26ClN3O6. The van der Waals surface area contributed by atoms with Crippen molar-refractivity contribution in [1.29, 1.82) is 0 Å². The molecule has 0 radical (unpaired) electrons. The first-order valence-corrected chi connectivity index (χ1v) is 10.3. The number of halogens is 1. The second kappa shape index (κ2) is 11.9. The van der Waals surface area contributed by atoms with E-state index in [0.717, 1.165) is 0 Å². The molecule has 0 fully saturated rings. The van der Waals surface area contributed by atoms with Crippen molar-refractivity contribution < 1.29 is 28.5 Å². The van der Waals surface area contributed by atoms with Crippen LogP contribution in [0.25, 0.3) is 0 Å². The van der Waals surface area contributed by atoms with E-state index in [1.807, 2.05) is 6.92 Å². The summed E-state index contributed by atoms with van der Waals surface area (Å²) < 4.78 is 21.6. The van der Waals surface area contributed by atoms with Gasteiger partial charge in [0.2, 0.25) is 6.04 Å². The Morgan fingerprint density at radius 2 is 1.59 bits per heavy atom. The van der Waals surface area contributed by atoms with Crippen molar-refractivity contribution in [3.8, 4) is 23.0 Å². The Labute approximate surface area is 191 Å². The molecule has 0 aromatic heterocycles. The average Bonchev–Trinajstić information content (AvgIpc) is 2.76. The van der Waals surface area contributed by atoms with Crippen LogP contribution in [0, 0.1) is 0 Å². The number of azo groups is 1. The van der Waals surface area contributed by atoms with Gasteiger partial charge in [-0.25, -0.2) is 0 Å². The topological polar surface area (TPSA) is 108 Å². The molecule has 172 valence electrons. The number of nitrogens with zero attached hydrogens (tertiary/aromatic N) is 2. The van der Waals surface area contributed by atoms with Crippen LogP contribution in [-0.2, 0) is 9.59 Å². The highest BCUT2D eigenvalue weighted by molar-refractivity contribution is 6.32. The highest BCUT2D eigenvalue weighted by Crippen LogP contribution is 2.38. The molecular weight excluding hydrogens is 438 g/mol. The highest BCUT2D eigenvalue weighted by Gasteiger charge is 2.25. The van der Waals surface area contributed by atoms with E-state index < -0.39 is 17.7 Å². The van der Waals surface area contributed by atoms with E-state index in [1.165, 1.54) is 33.3 Å². The van der Waals surface area contributed by atoms with Crippen molar-refractivity contribution in [2.45, 2.75) is 26.8 Å². The standard InChI is InChI=1S/C22H26ClN3O6/c1-6-31-18-12-15(19(32-7-2)11-14(18)23)24-22(28)20(13(3)27)25-26-21-16(29-4)9-8-10-17(21)30-5/h8-12,20H,6-7H2,1-5H3,(H,24,28). The second-order valence-electron chi connectivity index (χ2n) is 6.37. The van der Waals surface area contributed by atoms with Gasteiger partial charge in [0.15, 0.2) is 11.5 Å². The zero-order chi connectivity index (χ0) is 23.7. The first kappa shape index (κ1) is 24.9. The molecule has 2 rings (SSSR count). The number of carbonyl (C=O) groups excluding carboxylic acids is 2. The highest BCUT2D eigenvalue weighted by atomic mass is 35.5. The van der Waals surface area contributed by atoms with Crippen LogP contribution < -0.4 is 24.3 Å². The molecule has 10 heteroatoms. The number of nitrogens with one attached hydrogen (secondary N) is 1. The summed E-state index contributed by atoms with van der Waals surface area (Å²) in [7, 11) is 2.93. The van der Waals surface area contributed by atoms with Crippen LogP contribution >= 0.6 is 11.6 Å². The van der Waals surface area contributed by atoms with Gasteiger partial charge in [-0.15, -0.1) is 5.11 Å². The minimum Gasteiger partial charge on any atom is -0.494 e. The molecule has 0 aliphatic carbocycles. The first-order valence-electron chi connectivity index (χ1n) is 9.88. The third kappa shape index (κ3) is 6.10. The van der Waals surface area contributed by atoms with Crippen molar-refractivity contribution in [3.63, 3.8) is 0 Å². The Hall–Kier alpha value is -3.33. The largest absolute Gasteiger partial charge is 0.494 e. The lowest BCUT2D eigenvalue weighted by Gasteiger charge is -2.16. The van der Waals surface area contributed by atoms with Crippen molar-refractivity contribution in [3.05, 3.63) is 35.4 Å². The van der Waals surface area contributed by atoms with Crippen LogP contribution in [0.1, 0.15) is 20.8 Å². The Balaban J connectivity index is 2.37. The SMILES string of the molecule is CCOc1cc(NC(=O)C(N=Nc2c(OC)cccc2OC)C(C)=O)c(OCC)cc1Cl. The molecule has 0 heterocycles. The number of amides is 1. The van der Waals surface area contributed by atoms with E-state index >= 15 is 0 Å². The molecule has 0 saturated heterocycles. The van der Waals surface area contributed by atoms with E-state index in [1.54, 1.807) is 25.1 Å². The summed E-state index contributed by atoms with van der Waals surface area (Å²) in [6, 6.07) is 6.71. The van der Waals surface area contributed by atoms with Crippen molar-refractivity contribution in [2.75, 3.05) is 32.8 Å². The number of hydrogen-bond acceptors (Lipinski definition) is 8. The fourth-order valence-corrected chi connectivity index (χ4v) is 2.95. The zero-order valence-electron chi connectivity index (χ0n) is 18.6. The number of rotatable bonds is 11. The van der Waals surface area contributed by atoms with Gasteiger partial charge >= 0.3 is 0 Å². The van der Waals surface area contributed by atoms with E-state index in [4.69, 9.17) is 30.5 Å². The predicted molar refractivity (Wildman–Crippen MR) is 121 cm³/mol. The summed E-state index contributed by atoms with van der Waals surface area (Å²) in [5.41, 5.74) is 0.553. The molecule has 2 aromatic rings. The Morgan fingerprint density at radius 3 is 2.12 bits per heavy atom. The number of Topliss-reactive ketones (excluding diaryl/α,β-unsaturated/α-hetero) is 1. The van der Waals surface area contributed by atoms with Crippen LogP contribution in [0.2, 0.25) is 5.02 Å². The first-order chi connectivity index (χ1) is 15.4. The second-order valence-corrected chi connectivity index (χ2v) is 6.78. The summed E-state index contributed by atoms with van der Waals surface area (Å²) in [6.45, 7) is 5.58. The maximum atomic E-state index is 12.9. The Kier molecular flexibility index (Phi) is 9.27. The molecule has 0 aliphatic heterocycles. The van der Waals surface area contributed by atoms with Gasteiger partial charge in [-0.3, -0.25) is 9.59 Å². The molecule has 1 unspecified atom stereocenters. The minimum absolute atomic E-state index is 0.261. The fourth-order valence-electron chi connectivity index (χ4n) is 2.74. The van der Waals surface area contributed by atoms with Crippen molar-refractivity contribution >= 4 is 34.7 Å². The van der Waals surface area contributed by atoms with Crippen LogP contribution in [0.4, 0.5) is 11.4 Å². The monoisotopic (exact) mass is 463 g/mol. The van der Waals surface area contributed by atoms with Crippen molar-refractivity contribution in [2.24, 2.45) is 10.2 Å². The summed E-state index contributed by atoms with van der Waals surface area (Å²) in [5.74, 6) is 0.271. The maximum absolute atomic E-state index is 12.9. The maximum Gasteiger partial charge on any atom is 0.258 e. The van der Waals surface area contributed by atoms with Gasteiger partial charge in [0.25, 0.3) is 5.91 Å². The number of carbonyl (C=O) groups is 2. The molecule has 2 aromatic carbocycles. The number of ether oxygens (including phenoxy) is 4. The van der Waals surface area contributed by atoms with Crippen LogP contribution in [0.5, 0.6) is 23.0 Å². The number of ketones is 1. The lowest BCUT2D eigenvalue weighted by atomic mass is 10.2. The van der Waals surface area contributed by atoms with Gasteiger partial charge < -0.3 is 24.3 Å². The fraction of sp³-hybridized carbons (Fsp3) is 0.364. The summed E-state index contributed by atoms with van der Waals surface area (Å²) >= 11 is 6.21. The van der Waals surface area contributed by atoms with E-state index in [9.17, 15) is 9.59 Å². The zero-order valence-corrected chi connectivity index (χ0v) is 19.4. The Morgan fingerprint density at radius 1 is 1.00 bits per heavy atom. The van der Waals surface area contributed by atoms with Gasteiger partial charge in [0.1, 0.15) is 23.0 Å². The van der Waals surface area contributed by atoms with Crippen LogP contribution in [0.15, 0.2) is 40.6 Å². The van der Waals surface area contributed by atoms with E-state index in [0.29, 0.717) is 46.9 Å². The number of anilines is 1. The van der Waals surface area contributed by atoms with Gasteiger partial charge in [-0.05, 0) is 32.9 Å². The lowest BCUT2D eigenvalue weighted by molar-refractivity contribution is -0.126. The average molecular weight is 464 g/mol. The number of methoxy groups -OCH3 is 2. The number of hydrogen-bond donors (Lipinski definition) is 1. The van der Waals surface area contributed by atoms with E-state index in [-0.39, 0.29) is 5.69 Å². The number of benzene rings is 2. The molecule has 1 N–H and O–H groups in total. The molecule has 9 nitrogen and oxygen atoms in total. The summed E-state index contributed by atoms with van der Waals surface area (Å²) in [5, 5.41) is 11.0.